The molecule has 3 aromatic carbocycles. The highest BCUT2D eigenvalue weighted by molar-refractivity contribution is 5.96. The Kier molecular flexibility index (Phi) is 3.07. The number of aromatic nitrogens is 1. The number of anilines is 2. The van der Waals surface area contributed by atoms with E-state index in [1.54, 1.807) is 6.07 Å². The van der Waals surface area contributed by atoms with E-state index in [4.69, 9.17) is 0 Å². The summed E-state index contributed by atoms with van der Waals surface area (Å²) in [6.45, 7) is 0.697. The number of halogens is 1. The lowest BCUT2D eigenvalue weighted by Gasteiger charge is -2.33. The van der Waals surface area contributed by atoms with Crippen molar-refractivity contribution in [3.8, 4) is 11.1 Å². The van der Waals surface area contributed by atoms with Gasteiger partial charge in [0.1, 0.15) is 5.82 Å². The van der Waals surface area contributed by atoms with E-state index in [0.717, 1.165) is 39.0 Å². The summed E-state index contributed by atoms with van der Waals surface area (Å²) in [5.41, 5.74) is 6.27. The van der Waals surface area contributed by atoms with Crippen molar-refractivity contribution in [3.05, 3.63) is 90.4 Å². The third-order valence-corrected chi connectivity index (χ3v) is 4.79. The maximum atomic E-state index is 13.8. The minimum Gasteiger partial charge on any atom is -0.335 e. The van der Waals surface area contributed by atoms with Gasteiger partial charge in [0.2, 0.25) is 0 Å². The van der Waals surface area contributed by atoms with Crippen LogP contribution in [0.5, 0.6) is 0 Å². The standard InChI is InChI=1S/C22H15FN2/c23-17-11-10-16-14-25(20-8-2-1-7-18(20)19(16)13-17)21-9-3-5-15-6-4-12-24-22(15)21/h1-13H,14H2. The van der Waals surface area contributed by atoms with Gasteiger partial charge in [0.25, 0.3) is 0 Å². The van der Waals surface area contributed by atoms with Gasteiger partial charge in [-0.25, -0.2) is 4.39 Å². The first kappa shape index (κ1) is 14.2. The molecule has 0 atom stereocenters. The normalized spacial score (nSPS) is 12.8. The Morgan fingerprint density at radius 1 is 0.800 bits per heavy atom. The predicted octanol–water partition coefficient (Wildman–Crippen LogP) is 5.69. The molecule has 120 valence electrons. The molecule has 4 aromatic rings. The van der Waals surface area contributed by atoms with Crippen LogP contribution >= 0.6 is 0 Å². The zero-order valence-electron chi connectivity index (χ0n) is 13.5. The van der Waals surface area contributed by atoms with Crippen molar-refractivity contribution < 1.29 is 4.39 Å². The average Bonchev–Trinajstić information content (AvgIpc) is 2.67. The molecule has 0 fully saturated rings. The molecule has 3 heteroatoms. The quantitative estimate of drug-likeness (QED) is 0.446. The molecule has 0 amide bonds. The van der Waals surface area contributed by atoms with Gasteiger partial charge in [0.05, 0.1) is 11.2 Å². The molecular formula is C22H15FN2. The summed E-state index contributed by atoms with van der Waals surface area (Å²) >= 11 is 0. The van der Waals surface area contributed by atoms with E-state index in [1.807, 2.05) is 30.5 Å². The van der Waals surface area contributed by atoms with Crippen LogP contribution in [0, 0.1) is 5.82 Å². The Hall–Kier alpha value is -3.20. The SMILES string of the molecule is Fc1ccc2c(c1)-c1ccccc1N(c1cccc3cccnc13)C2. The number of fused-ring (bicyclic) bond motifs is 4. The monoisotopic (exact) mass is 326 g/mol. The van der Waals surface area contributed by atoms with Crippen molar-refractivity contribution in [2.45, 2.75) is 6.54 Å². The van der Waals surface area contributed by atoms with Gasteiger partial charge >= 0.3 is 0 Å². The fraction of sp³-hybridized carbons (Fsp3) is 0.0455. The topological polar surface area (TPSA) is 16.1 Å². The van der Waals surface area contributed by atoms with Crippen molar-refractivity contribution in [1.82, 2.24) is 4.98 Å². The zero-order valence-corrected chi connectivity index (χ0v) is 13.5. The van der Waals surface area contributed by atoms with E-state index in [-0.39, 0.29) is 5.82 Å². The second kappa shape index (κ2) is 5.42. The van der Waals surface area contributed by atoms with Gasteiger partial charge in [-0.15, -0.1) is 0 Å². The predicted molar refractivity (Wildman–Crippen MR) is 99.4 cm³/mol. The number of rotatable bonds is 1. The summed E-state index contributed by atoms with van der Waals surface area (Å²) < 4.78 is 13.8. The third-order valence-electron chi connectivity index (χ3n) is 4.79. The van der Waals surface area contributed by atoms with Gasteiger partial charge in [-0.2, -0.15) is 0 Å². The molecule has 25 heavy (non-hydrogen) atoms. The maximum absolute atomic E-state index is 13.8. The van der Waals surface area contributed by atoms with E-state index in [9.17, 15) is 4.39 Å². The van der Waals surface area contributed by atoms with Crippen LogP contribution in [0.3, 0.4) is 0 Å². The van der Waals surface area contributed by atoms with Crippen molar-refractivity contribution in [3.63, 3.8) is 0 Å². The molecule has 0 saturated carbocycles. The summed E-state index contributed by atoms with van der Waals surface area (Å²) in [5.74, 6) is -0.200. The molecule has 1 aromatic heterocycles. The molecule has 5 rings (SSSR count). The number of hydrogen-bond acceptors (Lipinski definition) is 2. The maximum Gasteiger partial charge on any atom is 0.123 e. The first-order valence-electron chi connectivity index (χ1n) is 8.30. The summed E-state index contributed by atoms with van der Waals surface area (Å²) in [4.78, 5) is 6.87. The van der Waals surface area contributed by atoms with E-state index < -0.39 is 0 Å². The molecule has 0 unspecified atom stereocenters. The van der Waals surface area contributed by atoms with Crippen molar-refractivity contribution in [1.29, 1.82) is 0 Å². The lowest BCUT2D eigenvalue weighted by molar-refractivity contribution is 0.627. The molecular weight excluding hydrogens is 311 g/mol. The fourth-order valence-electron chi connectivity index (χ4n) is 3.65. The molecule has 1 aliphatic heterocycles. The largest absolute Gasteiger partial charge is 0.335 e. The smallest absolute Gasteiger partial charge is 0.123 e. The van der Waals surface area contributed by atoms with Crippen LogP contribution in [0.25, 0.3) is 22.0 Å². The van der Waals surface area contributed by atoms with Crippen LogP contribution in [0.2, 0.25) is 0 Å². The highest BCUT2D eigenvalue weighted by Gasteiger charge is 2.24. The minimum atomic E-state index is -0.200. The van der Waals surface area contributed by atoms with Crippen LogP contribution in [0.15, 0.2) is 79.0 Å². The van der Waals surface area contributed by atoms with Crippen molar-refractivity contribution in [2.75, 3.05) is 4.90 Å². The second-order valence-corrected chi connectivity index (χ2v) is 6.26. The molecule has 1 aliphatic rings. The van der Waals surface area contributed by atoms with Crippen LogP contribution in [-0.2, 0) is 6.54 Å². The molecule has 2 nitrogen and oxygen atoms in total. The highest BCUT2D eigenvalue weighted by Crippen LogP contribution is 2.44. The van der Waals surface area contributed by atoms with Crippen LogP contribution in [-0.4, -0.2) is 4.98 Å². The molecule has 0 bridgehead atoms. The van der Waals surface area contributed by atoms with E-state index in [2.05, 4.69) is 46.3 Å². The molecule has 0 N–H and O–H groups in total. The Morgan fingerprint density at radius 2 is 1.64 bits per heavy atom. The number of para-hydroxylation sites is 2. The third kappa shape index (κ3) is 2.20. The second-order valence-electron chi connectivity index (χ2n) is 6.26. The number of benzene rings is 3. The Balaban J connectivity index is 1.77. The summed E-state index contributed by atoms with van der Waals surface area (Å²) in [6.07, 6.45) is 1.82. The number of hydrogen-bond donors (Lipinski definition) is 0. The molecule has 0 spiro atoms. The fourth-order valence-corrected chi connectivity index (χ4v) is 3.65. The Morgan fingerprint density at radius 3 is 2.60 bits per heavy atom. The molecule has 0 saturated heterocycles. The van der Waals surface area contributed by atoms with Gasteiger partial charge in [0, 0.05) is 29.4 Å². The molecule has 0 aliphatic carbocycles. The number of pyridine rings is 1. The first-order valence-corrected chi connectivity index (χ1v) is 8.30. The van der Waals surface area contributed by atoms with Crippen LogP contribution < -0.4 is 4.90 Å². The summed E-state index contributed by atoms with van der Waals surface area (Å²) in [7, 11) is 0. The highest BCUT2D eigenvalue weighted by atomic mass is 19.1. The number of nitrogens with zero attached hydrogens (tertiary/aromatic N) is 2. The van der Waals surface area contributed by atoms with Crippen LogP contribution in [0.1, 0.15) is 5.56 Å². The first-order chi connectivity index (χ1) is 12.3. The van der Waals surface area contributed by atoms with E-state index in [0.29, 0.717) is 6.54 Å². The minimum absolute atomic E-state index is 0.200. The zero-order chi connectivity index (χ0) is 16.8. The molecule has 2 heterocycles. The van der Waals surface area contributed by atoms with Crippen molar-refractivity contribution >= 4 is 22.3 Å². The Labute approximate surface area is 145 Å². The summed E-state index contributed by atoms with van der Waals surface area (Å²) in [6, 6.07) is 23.5. The van der Waals surface area contributed by atoms with Gasteiger partial charge in [-0.3, -0.25) is 4.98 Å². The van der Waals surface area contributed by atoms with E-state index >= 15 is 0 Å². The van der Waals surface area contributed by atoms with Gasteiger partial charge < -0.3 is 4.90 Å². The lowest BCUT2D eigenvalue weighted by Crippen LogP contribution is -2.22. The van der Waals surface area contributed by atoms with Gasteiger partial charge in [-0.1, -0.05) is 42.5 Å². The Bertz CT molecular complexity index is 1100. The lowest BCUT2D eigenvalue weighted by atomic mass is 9.92. The van der Waals surface area contributed by atoms with Crippen molar-refractivity contribution in [2.24, 2.45) is 0 Å². The average molecular weight is 326 g/mol. The summed E-state index contributed by atoms with van der Waals surface area (Å²) in [5, 5.41) is 1.11. The van der Waals surface area contributed by atoms with Crippen LogP contribution in [0.4, 0.5) is 15.8 Å². The van der Waals surface area contributed by atoms with Gasteiger partial charge in [-0.05, 0) is 41.5 Å². The molecule has 0 radical (unpaired) electrons. The van der Waals surface area contributed by atoms with Gasteiger partial charge in [0.15, 0.2) is 0 Å². The van der Waals surface area contributed by atoms with E-state index in [1.165, 1.54) is 6.07 Å².